The maximum absolute atomic E-state index is 12.5. The van der Waals surface area contributed by atoms with Crippen LogP contribution in [0.15, 0.2) is 0 Å². The summed E-state index contributed by atoms with van der Waals surface area (Å²) in [6.07, 6.45) is 1.07. The molecule has 2 N–H and O–H groups in total. The van der Waals surface area contributed by atoms with Crippen molar-refractivity contribution in [2.24, 2.45) is 17.6 Å². The van der Waals surface area contributed by atoms with Gasteiger partial charge in [-0.15, -0.1) is 0 Å². The van der Waals surface area contributed by atoms with E-state index < -0.39 is 12.7 Å². The van der Waals surface area contributed by atoms with E-state index in [1.165, 1.54) is 6.42 Å². The molecule has 0 radical (unpaired) electrons. The van der Waals surface area contributed by atoms with Gasteiger partial charge >= 0.3 is 6.18 Å². The normalized spacial score (nSPS) is 25.7. The van der Waals surface area contributed by atoms with Gasteiger partial charge in [0.25, 0.3) is 0 Å². The first-order valence-corrected chi connectivity index (χ1v) is 6.95. The average molecular weight is 266 g/mol. The highest BCUT2D eigenvalue weighted by Crippen LogP contribution is 2.30. The van der Waals surface area contributed by atoms with Gasteiger partial charge < -0.3 is 5.73 Å². The van der Waals surface area contributed by atoms with Crippen LogP contribution in [0.2, 0.25) is 0 Å². The molecule has 0 aromatic rings. The average Bonchev–Trinajstić information content (AvgIpc) is 2.28. The summed E-state index contributed by atoms with van der Waals surface area (Å²) in [6.45, 7) is 2.82. The van der Waals surface area contributed by atoms with Crippen molar-refractivity contribution in [1.82, 2.24) is 4.90 Å². The molecule has 18 heavy (non-hydrogen) atoms. The molecule has 2 unspecified atom stereocenters. The number of hydrogen-bond acceptors (Lipinski definition) is 2. The monoisotopic (exact) mass is 266 g/mol. The lowest BCUT2D eigenvalue weighted by molar-refractivity contribution is -0.148. The molecule has 1 saturated carbocycles. The minimum absolute atomic E-state index is 0.345. The van der Waals surface area contributed by atoms with E-state index >= 15 is 0 Å². The van der Waals surface area contributed by atoms with Gasteiger partial charge in [-0.1, -0.05) is 19.8 Å². The van der Waals surface area contributed by atoms with E-state index in [0.29, 0.717) is 31.5 Å². The number of alkyl halides is 3. The predicted molar refractivity (Wildman–Crippen MR) is 67.3 cm³/mol. The molecule has 0 amide bonds. The SMILES string of the molecule is CCCN(CC1CCCCC1CN)CC(F)(F)F. The second kappa shape index (κ2) is 7.34. The molecule has 0 aromatic heterocycles. The summed E-state index contributed by atoms with van der Waals surface area (Å²) >= 11 is 0. The molecule has 2 nitrogen and oxygen atoms in total. The van der Waals surface area contributed by atoms with Crippen LogP contribution >= 0.6 is 0 Å². The lowest BCUT2D eigenvalue weighted by Gasteiger charge is -2.35. The molecule has 108 valence electrons. The summed E-state index contributed by atoms with van der Waals surface area (Å²) in [7, 11) is 0. The van der Waals surface area contributed by atoms with Gasteiger partial charge in [-0.25, -0.2) is 0 Å². The predicted octanol–water partition coefficient (Wildman–Crippen LogP) is 3.03. The van der Waals surface area contributed by atoms with Crippen molar-refractivity contribution >= 4 is 0 Å². The van der Waals surface area contributed by atoms with Crippen molar-refractivity contribution in [3.05, 3.63) is 0 Å². The highest BCUT2D eigenvalue weighted by Gasteiger charge is 2.33. The van der Waals surface area contributed by atoms with Gasteiger partial charge in [0.1, 0.15) is 0 Å². The molecular weight excluding hydrogens is 241 g/mol. The maximum atomic E-state index is 12.5. The molecule has 0 aliphatic heterocycles. The number of hydrogen-bond donors (Lipinski definition) is 1. The Morgan fingerprint density at radius 2 is 1.78 bits per heavy atom. The lowest BCUT2D eigenvalue weighted by atomic mass is 9.79. The Kier molecular flexibility index (Phi) is 6.43. The van der Waals surface area contributed by atoms with Crippen LogP contribution in [0.4, 0.5) is 13.2 Å². The van der Waals surface area contributed by atoms with Crippen LogP contribution in [0.5, 0.6) is 0 Å². The third-order valence-electron chi connectivity index (χ3n) is 3.80. The molecule has 0 aromatic carbocycles. The van der Waals surface area contributed by atoms with Crippen LogP contribution in [0, 0.1) is 11.8 Å². The van der Waals surface area contributed by atoms with Gasteiger partial charge in [0.15, 0.2) is 0 Å². The first-order valence-electron chi connectivity index (χ1n) is 6.95. The van der Waals surface area contributed by atoms with Crippen LogP contribution in [0.3, 0.4) is 0 Å². The van der Waals surface area contributed by atoms with Gasteiger partial charge in [-0.05, 0) is 44.2 Å². The number of rotatable bonds is 6. The molecule has 1 aliphatic carbocycles. The molecule has 0 saturated heterocycles. The molecule has 0 spiro atoms. The Labute approximate surface area is 108 Å². The molecule has 1 fully saturated rings. The first-order chi connectivity index (χ1) is 8.46. The first kappa shape index (κ1) is 15.8. The Bertz CT molecular complexity index is 231. The number of nitrogens with zero attached hydrogens (tertiary/aromatic N) is 1. The van der Waals surface area contributed by atoms with Gasteiger partial charge in [-0.2, -0.15) is 13.2 Å². The van der Waals surface area contributed by atoms with E-state index in [-0.39, 0.29) is 0 Å². The molecule has 2 atom stereocenters. The summed E-state index contributed by atoms with van der Waals surface area (Å²) < 4.78 is 37.5. The summed E-state index contributed by atoms with van der Waals surface area (Å²) in [5.74, 6) is 0.754. The fourth-order valence-corrected chi connectivity index (χ4v) is 2.97. The Balaban J connectivity index is 2.52. The molecular formula is C13H25F3N2. The smallest absolute Gasteiger partial charge is 0.330 e. The van der Waals surface area contributed by atoms with Crippen molar-refractivity contribution < 1.29 is 13.2 Å². The van der Waals surface area contributed by atoms with Gasteiger partial charge in [0.05, 0.1) is 6.54 Å². The highest BCUT2D eigenvalue weighted by atomic mass is 19.4. The molecule has 5 heteroatoms. The summed E-state index contributed by atoms with van der Waals surface area (Å²) in [6, 6.07) is 0. The van der Waals surface area contributed by atoms with Crippen LogP contribution in [0.1, 0.15) is 39.0 Å². The van der Waals surface area contributed by atoms with Gasteiger partial charge in [0.2, 0.25) is 0 Å². The highest BCUT2D eigenvalue weighted by molar-refractivity contribution is 4.79. The van der Waals surface area contributed by atoms with Crippen molar-refractivity contribution in [3.63, 3.8) is 0 Å². The van der Waals surface area contributed by atoms with Crippen molar-refractivity contribution in [2.75, 3.05) is 26.2 Å². The van der Waals surface area contributed by atoms with Crippen LogP contribution in [-0.4, -0.2) is 37.3 Å². The molecule has 0 heterocycles. The van der Waals surface area contributed by atoms with E-state index in [0.717, 1.165) is 25.7 Å². The summed E-state index contributed by atoms with van der Waals surface area (Å²) in [5.41, 5.74) is 5.73. The van der Waals surface area contributed by atoms with E-state index in [9.17, 15) is 13.2 Å². The maximum Gasteiger partial charge on any atom is 0.401 e. The Morgan fingerprint density at radius 1 is 1.17 bits per heavy atom. The fraction of sp³-hybridized carbons (Fsp3) is 1.00. The minimum atomic E-state index is -4.10. The fourth-order valence-electron chi connectivity index (χ4n) is 2.97. The van der Waals surface area contributed by atoms with E-state index in [1.807, 2.05) is 6.92 Å². The number of halogens is 3. The van der Waals surface area contributed by atoms with Gasteiger partial charge in [-0.3, -0.25) is 4.90 Å². The number of nitrogens with two attached hydrogens (primary N) is 1. The third-order valence-corrected chi connectivity index (χ3v) is 3.80. The second-order valence-electron chi connectivity index (χ2n) is 5.39. The zero-order chi connectivity index (χ0) is 13.6. The van der Waals surface area contributed by atoms with Crippen LogP contribution in [-0.2, 0) is 0 Å². The topological polar surface area (TPSA) is 29.3 Å². The second-order valence-corrected chi connectivity index (χ2v) is 5.39. The standard InChI is InChI=1S/C13H25F3N2/c1-2-7-18(10-13(14,15)16)9-12-6-4-3-5-11(12)8-17/h11-12H,2-10,17H2,1H3. The summed E-state index contributed by atoms with van der Waals surface area (Å²) in [5, 5.41) is 0. The molecule has 1 rings (SSSR count). The Hall–Kier alpha value is -0.290. The lowest BCUT2D eigenvalue weighted by Crippen LogP contribution is -2.41. The van der Waals surface area contributed by atoms with Crippen molar-refractivity contribution in [3.8, 4) is 0 Å². The Morgan fingerprint density at radius 3 is 2.28 bits per heavy atom. The third kappa shape index (κ3) is 5.57. The van der Waals surface area contributed by atoms with E-state index in [2.05, 4.69) is 0 Å². The van der Waals surface area contributed by atoms with Crippen LogP contribution < -0.4 is 5.73 Å². The van der Waals surface area contributed by atoms with Gasteiger partial charge in [0, 0.05) is 6.54 Å². The summed E-state index contributed by atoms with van der Waals surface area (Å²) in [4.78, 5) is 1.55. The zero-order valence-electron chi connectivity index (χ0n) is 11.2. The van der Waals surface area contributed by atoms with Crippen LogP contribution in [0.25, 0.3) is 0 Å². The zero-order valence-corrected chi connectivity index (χ0v) is 11.2. The quantitative estimate of drug-likeness (QED) is 0.800. The largest absolute Gasteiger partial charge is 0.401 e. The molecule has 0 bridgehead atoms. The van der Waals surface area contributed by atoms with E-state index in [1.54, 1.807) is 4.90 Å². The van der Waals surface area contributed by atoms with Crippen molar-refractivity contribution in [1.29, 1.82) is 0 Å². The van der Waals surface area contributed by atoms with E-state index in [4.69, 9.17) is 5.73 Å². The minimum Gasteiger partial charge on any atom is -0.330 e. The molecule has 1 aliphatic rings. The van der Waals surface area contributed by atoms with Crippen molar-refractivity contribution in [2.45, 2.75) is 45.2 Å².